The van der Waals surface area contributed by atoms with Crippen LogP contribution in [0.15, 0.2) is 35.5 Å². The summed E-state index contributed by atoms with van der Waals surface area (Å²) in [7, 11) is 0. The van der Waals surface area contributed by atoms with Crippen LogP contribution >= 0.6 is 0 Å². The molecule has 0 saturated heterocycles. The molecule has 0 radical (unpaired) electrons. The third kappa shape index (κ3) is 2.82. The number of nitrogens with zero attached hydrogens (tertiary/aromatic N) is 1. The molecule has 1 N–H and O–H groups in total. The molecule has 0 aliphatic carbocycles. The molecule has 2 rings (SSSR count). The van der Waals surface area contributed by atoms with Gasteiger partial charge in [0.2, 0.25) is 0 Å². The number of ether oxygens (including phenoxy) is 1. The smallest absolute Gasteiger partial charge is 0.341 e. The number of aliphatic hydroxyl groups is 1. The lowest BCUT2D eigenvalue weighted by molar-refractivity contribution is -0.154. The van der Waals surface area contributed by atoms with Gasteiger partial charge in [0, 0.05) is 0 Å². The first-order valence-electron chi connectivity index (χ1n) is 7.53. The second kappa shape index (κ2) is 6.92. The SMILES string of the molecule is CCOC(=O)C(O)C1=NOC(C(C)=O)(C(C)=O)C1c1ccccc1. The van der Waals surface area contributed by atoms with E-state index in [-0.39, 0.29) is 12.3 Å². The van der Waals surface area contributed by atoms with E-state index in [0.29, 0.717) is 5.56 Å². The number of ketones is 2. The first-order valence-corrected chi connectivity index (χ1v) is 7.53. The largest absolute Gasteiger partial charge is 0.464 e. The van der Waals surface area contributed by atoms with E-state index < -0.39 is 35.2 Å². The fraction of sp³-hybridized carbons (Fsp3) is 0.412. The predicted molar refractivity (Wildman–Crippen MR) is 84.4 cm³/mol. The third-order valence-corrected chi connectivity index (χ3v) is 3.97. The van der Waals surface area contributed by atoms with Crippen molar-refractivity contribution in [2.24, 2.45) is 5.16 Å². The third-order valence-electron chi connectivity index (χ3n) is 3.97. The maximum absolute atomic E-state index is 12.2. The van der Waals surface area contributed by atoms with E-state index in [1.807, 2.05) is 0 Å². The van der Waals surface area contributed by atoms with E-state index in [1.54, 1.807) is 37.3 Å². The second-order valence-electron chi connectivity index (χ2n) is 5.45. The maximum atomic E-state index is 12.2. The molecule has 2 atom stereocenters. The van der Waals surface area contributed by atoms with E-state index in [0.717, 1.165) is 0 Å². The van der Waals surface area contributed by atoms with Crippen molar-refractivity contribution >= 4 is 23.2 Å². The molecule has 24 heavy (non-hydrogen) atoms. The molecule has 1 aliphatic rings. The first-order chi connectivity index (χ1) is 11.4. The highest BCUT2D eigenvalue weighted by Crippen LogP contribution is 2.41. The van der Waals surface area contributed by atoms with Crippen LogP contribution in [0.25, 0.3) is 0 Å². The van der Waals surface area contributed by atoms with Crippen LogP contribution in [0.4, 0.5) is 0 Å². The number of carbonyl (C=O) groups excluding carboxylic acids is 3. The minimum atomic E-state index is -1.90. The molecule has 0 aromatic heterocycles. The molecule has 7 heteroatoms. The summed E-state index contributed by atoms with van der Waals surface area (Å²) in [5, 5.41) is 14.0. The second-order valence-corrected chi connectivity index (χ2v) is 5.45. The standard InChI is InChI=1S/C17H19NO6/c1-4-23-16(22)15(21)14-13(12-8-6-5-7-9-12)17(10(2)19,11(3)20)24-18-14/h5-9,13,15,21H,4H2,1-3H3. The van der Waals surface area contributed by atoms with Gasteiger partial charge in [-0.2, -0.15) is 0 Å². The highest BCUT2D eigenvalue weighted by atomic mass is 16.7. The van der Waals surface area contributed by atoms with Gasteiger partial charge >= 0.3 is 5.97 Å². The molecule has 0 amide bonds. The normalized spacial score (nSPS) is 19.8. The number of rotatable bonds is 6. The minimum Gasteiger partial charge on any atom is -0.464 e. The summed E-state index contributed by atoms with van der Waals surface area (Å²) in [6.07, 6.45) is -1.73. The number of benzene rings is 1. The lowest BCUT2D eigenvalue weighted by Gasteiger charge is -2.29. The molecule has 1 heterocycles. The minimum absolute atomic E-state index is 0.0740. The van der Waals surface area contributed by atoms with Crippen molar-refractivity contribution in [3.63, 3.8) is 0 Å². The Morgan fingerprint density at radius 1 is 1.25 bits per heavy atom. The van der Waals surface area contributed by atoms with Gasteiger partial charge in [-0.05, 0) is 26.3 Å². The molecule has 1 aromatic rings. The molecule has 128 valence electrons. The van der Waals surface area contributed by atoms with Gasteiger partial charge < -0.3 is 14.7 Å². The predicted octanol–water partition coefficient (Wildman–Crippen LogP) is 0.997. The Kier molecular flexibility index (Phi) is 5.14. The van der Waals surface area contributed by atoms with Crippen molar-refractivity contribution in [1.29, 1.82) is 0 Å². The van der Waals surface area contributed by atoms with Gasteiger partial charge in [0.05, 0.1) is 12.5 Å². The monoisotopic (exact) mass is 333 g/mol. The fourth-order valence-corrected chi connectivity index (χ4v) is 2.82. The van der Waals surface area contributed by atoms with E-state index in [4.69, 9.17) is 9.57 Å². The summed E-state index contributed by atoms with van der Waals surface area (Å²) < 4.78 is 4.79. The quantitative estimate of drug-likeness (QED) is 0.615. The van der Waals surface area contributed by atoms with Crippen LogP contribution in [-0.4, -0.2) is 46.7 Å². The van der Waals surface area contributed by atoms with E-state index in [9.17, 15) is 19.5 Å². The summed E-state index contributed by atoms with van der Waals surface area (Å²) in [6, 6.07) is 8.54. The first kappa shape index (κ1) is 17.8. The lowest BCUT2D eigenvalue weighted by Crippen LogP contribution is -2.52. The van der Waals surface area contributed by atoms with Gasteiger partial charge in [-0.3, -0.25) is 9.59 Å². The van der Waals surface area contributed by atoms with Gasteiger partial charge in [-0.25, -0.2) is 4.79 Å². The molecule has 1 aliphatic heterocycles. The number of hydrogen-bond donors (Lipinski definition) is 1. The summed E-state index contributed by atoms with van der Waals surface area (Å²) in [5.41, 5.74) is -1.49. The highest BCUT2D eigenvalue weighted by Gasteiger charge is 2.59. The Bertz CT molecular complexity index is 668. The average Bonchev–Trinajstić information content (AvgIpc) is 2.96. The Hall–Kier alpha value is -2.54. The van der Waals surface area contributed by atoms with Gasteiger partial charge in [-0.15, -0.1) is 0 Å². The Balaban J connectivity index is 2.55. The highest BCUT2D eigenvalue weighted by molar-refractivity contribution is 6.19. The van der Waals surface area contributed by atoms with Crippen LogP contribution < -0.4 is 0 Å². The van der Waals surface area contributed by atoms with Crippen LogP contribution in [0.3, 0.4) is 0 Å². The van der Waals surface area contributed by atoms with E-state index >= 15 is 0 Å². The molecule has 2 unspecified atom stereocenters. The van der Waals surface area contributed by atoms with E-state index in [2.05, 4.69) is 5.16 Å². The van der Waals surface area contributed by atoms with Gasteiger partial charge in [0.25, 0.3) is 5.60 Å². The zero-order valence-electron chi connectivity index (χ0n) is 13.7. The molecule has 1 aromatic carbocycles. The van der Waals surface area contributed by atoms with Crippen LogP contribution in [0.5, 0.6) is 0 Å². The number of aliphatic hydroxyl groups excluding tert-OH is 1. The fourth-order valence-electron chi connectivity index (χ4n) is 2.82. The average molecular weight is 333 g/mol. The molecule has 0 fully saturated rings. The molecular formula is C17H19NO6. The van der Waals surface area contributed by atoms with E-state index in [1.165, 1.54) is 13.8 Å². The van der Waals surface area contributed by atoms with Crippen LogP contribution in [0.2, 0.25) is 0 Å². The Morgan fingerprint density at radius 2 is 1.83 bits per heavy atom. The van der Waals surface area contributed by atoms with Crippen LogP contribution in [0, 0.1) is 0 Å². The number of oxime groups is 1. The zero-order chi connectivity index (χ0) is 17.9. The van der Waals surface area contributed by atoms with Gasteiger partial charge in [0.15, 0.2) is 17.7 Å². The Morgan fingerprint density at radius 3 is 2.33 bits per heavy atom. The maximum Gasteiger partial charge on any atom is 0.341 e. The summed E-state index contributed by atoms with van der Waals surface area (Å²) in [4.78, 5) is 41.6. The van der Waals surface area contributed by atoms with Gasteiger partial charge in [0.1, 0.15) is 5.71 Å². The molecule has 0 bridgehead atoms. The summed E-state index contributed by atoms with van der Waals surface area (Å²) in [5.74, 6) is -3.03. The van der Waals surface area contributed by atoms with Crippen molar-refractivity contribution < 1.29 is 29.1 Å². The number of carbonyl (C=O) groups is 3. The van der Waals surface area contributed by atoms with Crippen molar-refractivity contribution in [2.75, 3.05) is 6.61 Å². The molecule has 7 nitrogen and oxygen atoms in total. The summed E-state index contributed by atoms with van der Waals surface area (Å²) >= 11 is 0. The van der Waals surface area contributed by atoms with Crippen LogP contribution in [-0.2, 0) is 24.0 Å². The number of hydrogen-bond acceptors (Lipinski definition) is 7. The lowest BCUT2D eigenvalue weighted by atomic mass is 9.74. The molecule has 0 saturated carbocycles. The number of esters is 1. The number of Topliss-reactive ketones (excluding diaryl/α,β-unsaturated/α-hetero) is 2. The van der Waals surface area contributed by atoms with Crippen molar-refractivity contribution in [1.82, 2.24) is 0 Å². The van der Waals surface area contributed by atoms with Gasteiger partial charge in [-0.1, -0.05) is 35.5 Å². The zero-order valence-corrected chi connectivity index (χ0v) is 13.7. The molecular weight excluding hydrogens is 314 g/mol. The van der Waals surface area contributed by atoms with Crippen LogP contribution in [0.1, 0.15) is 32.3 Å². The van der Waals surface area contributed by atoms with Crippen molar-refractivity contribution in [2.45, 2.75) is 38.4 Å². The topological polar surface area (TPSA) is 102 Å². The van der Waals surface area contributed by atoms with Crippen molar-refractivity contribution in [3.05, 3.63) is 35.9 Å². The molecule has 0 spiro atoms. The Labute approximate surface area is 139 Å². The summed E-state index contributed by atoms with van der Waals surface area (Å²) in [6.45, 7) is 4.10. The van der Waals surface area contributed by atoms with Crippen molar-refractivity contribution in [3.8, 4) is 0 Å².